The van der Waals surface area contributed by atoms with Crippen LogP contribution in [0.1, 0.15) is 71.4 Å². The Morgan fingerprint density at radius 3 is 1.48 bits per heavy atom. The number of aromatic carboxylic acids is 1. The van der Waals surface area contributed by atoms with Crippen molar-refractivity contribution >= 4 is 24.3 Å². The van der Waals surface area contributed by atoms with Gasteiger partial charge in [0.1, 0.15) is 30.0 Å². The predicted molar refractivity (Wildman–Crippen MR) is 223 cm³/mol. The number of aryl methyl sites for hydroxylation is 3. The fourth-order valence-corrected chi connectivity index (χ4v) is 6.26. The zero-order chi connectivity index (χ0) is 46.5. The number of aromatic nitrogens is 6. The van der Waals surface area contributed by atoms with Gasteiger partial charge in [-0.2, -0.15) is 5.26 Å². The van der Waals surface area contributed by atoms with Crippen LogP contribution in [0.2, 0.25) is 0 Å². The number of imidazole rings is 3. The number of nitriles is 1. The molecule has 1 fully saturated rings. The number of likely N-dealkylation sites (tertiary alicyclic amines) is 1. The molecule has 3 aromatic heterocycles. The molecule has 328 valence electrons. The van der Waals surface area contributed by atoms with Gasteiger partial charge in [-0.05, 0) is 106 Å². The summed E-state index contributed by atoms with van der Waals surface area (Å²) in [4.78, 5) is 57.0. The molecule has 0 bridgehead atoms. The van der Waals surface area contributed by atoms with E-state index in [0.717, 1.165) is 41.7 Å². The second-order valence-electron chi connectivity index (χ2n) is 14.4. The van der Waals surface area contributed by atoms with Gasteiger partial charge in [-0.3, -0.25) is 14.4 Å². The van der Waals surface area contributed by atoms with Crippen molar-refractivity contribution in [2.75, 3.05) is 13.1 Å². The first-order valence-electron chi connectivity index (χ1n) is 19.3. The van der Waals surface area contributed by atoms with Gasteiger partial charge in [-0.25, -0.2) is 41.7 Å². The van der Waals surface area contributed by atoms with Gasteiger partial charge in [0.05, 0.1) is 58.7 Å². The molecular weight excluding hydrogens is 840 g/mol. The number of hydrogen-bond acceptors (Lipinski definition) is 9. The number of rotatable bonds is 9. The molecule has 0 spiro atoms. The molecule has 1 atom stereocenters. The molecule has 0 saturated carbocycles. The number of benzene rings is 4. The van der Waals surface area contributed by atoms with E-state index in [0.29, 0.717) is 54.6 Å². The van der Waals surface area contributed by atoms with Gasteiger partial charge in [0, 0.05) is 54.8 Å². The van der Waals surface area contributed by atoms with Crippen LogP contribution in [0, 0.1) is 67.2 Å². The van der Waals surface area contributed by atoms with Crippen molar-refractivity contribution in [2.24, 2.45) is 5.92 Å². The van der Waals surface area contributed by atoms with Gasteiger partial charge in [0.25, 0.3) is 0 Å². The van der Waals surface area contributed by atoms with Crippen LogP contribution in [0.3, 0.4) is 0 Å². The number of halogens is 5. The predicted octanol–water partition coefficient (Wildman–Crippen LogP) is 8.62. The minimum atomic E-state index is -1.15. The van der Waals surface area contributed by atoms with Crippen LogP contribution in [0.25, 0.3) is 17.1 Å². The van der Waals surface area contributed by atoms with Crippen molar-refractivity contribution in [3.63, 3.8) is 0 Å². The van der Waals surface area contributed by atoms with Crippen LogP contribution in [-0.4, -0.2) is 76.1 Å². The van der Waals surface area contributed by atoms with Crippen LogP contribution < -0.4 is 0 Å². The van der Waals surface area contributed by atoms with Crippen molar-refractivity contribution < 1.29 is 46.2 Å². The number of hydrogen-bond donors (Lipinski definition) is 1. The summed E-state index contributed by atoms with van der Waals surface area (Å²) in [5, 5.41) is 17.5. The molecule has 13 nitrogen and oxygen atoms in total. The van der Waals surface area contributed by atoms with Gasteiger partial charge in [-0.1, -0.05) is 0 Å². The summed E-state index contributed by atoms with van der Waals surface area (Å²) in [6, 6.07) is 15.6. The Hall–Kier alpha value is -8.07. The molecule has 64 heavy (non-hydrogen) atoms. The van der Waals surface area contributed by atoms with E-state index in [-0.39, 0.29) is 28.5 Å². The van der Waals surface area contributed by atoms with Crippen molar-refractivity contribution in [2.45, 2.75) is 33.6 Å². The number of carbonyl (C=O) groups excluding carboxylic acids is 3. The van der Waals surface area contributed by atoms with E-state index < -0.39 is 35.1 Å². The highest BCUT2D eigenvalue weighted by Gasteiger charge is 2.25. The van der Waals surface area contributed by atoms with Crippen molar-refractivity contribution in [1.29, 1.82) is 5.26 Å². The average Bonchev–Trinajstić information content (AvgIpc) is 4.11. The quantitative estimate of drug-likeness (QED) is 0.0641. The number of carboxylic acids is 1. The van der Waals surface area contributed by atoms with E-state index in [1.807, 2.05) is 13.8 Å². The smallest absolute Gasteiger partial charge is 0.335 e. The lowest BCUT2D eigenvalue weighted by Gasteiger charge is -2.10. The number of aldehydes is 2. The Balaban J connectivity index is 0.000000167. The summed E-state index contributed by atoms with van der Waals surface area (Å²) in [6.07, 6.45) is 14.0. The molecule has 1 N–H and O–H groups in total. The third-order valence-corrected chi connectivity index (χ3v) is 9.52. The lowest BCUT2D eigenvalue weighted by atomic mass is 9.97. The fourth-order valence-electron chi connectivity index (χ4n) is 6.26. The Labute approximate surface area is 363 Å². The highest BCUT2D eigenvalue weighted by atomic mass is 19.2. The van der Waals surface area contributed by atoms with E-state index in [4.69, 9.17) is 10.4 Å². The molecule has 4 heterocycles. The molecule has 1 aliphatic heterocycles. The number of carbonyl (C=O) groups is 4. The minimum Gasteiger partial charge on any atom is -0.478 e. The summed E-state index contributed by atoms with van der Waals surface area (Å²) in [6.45, 7) is 6.76. The first-order valence-corrected chi connectivity index (χ1v) is 19.3. The molecule has 18 heteroatoms. The normalized spacial score (nSPS) is 12.7. The average molecular weight is 879 g/mol. The third-order valence-electron chi connectivity index (χ3n) is 9.52. The van der Waals surface area contributed by atoms with E-state index in [1.165, 1.54) is 47.6 Å². The summed E-state index contributed by atoms with van der Waals surface area (Å²) >= 11 is 0. The first-order chi connectivity index (χ1) is 30.6. The maximum Gasteiger partial charge on any atom is 0.335 e. The lowest BCUT2D eigenvalue weighted by molar-refractivity contribution is 0.0695. The van der Waals surface area contributed by atoms with Crippen LogP contribution in [-0.2, 0) is 0 Å². The van der Waals surface area contributed by atoms with Crippen LogP contribution in [0.15, 0.2) is 110 Å². The molecule has 1 saturated heterocycles. The van der Waals surface area contributed by atoms with Crippen LogP contribution in [0.5, 0.6) is 0 Å². The van der Waals surface area contributed by atoms with Gasteiger partial charge in [-0.15, -0.1) is 0 Å². The van der Waals surface area contributed by atoms with Crippen molar-refractivity contribution in [3.05, 3.63) is 179 Å². The number of nitrogens with zero attached hydrogens (tertiary/aromatic N) is 8. The number of carboxylic acid groups (broad SMARTS) is 1. The second kappa shape index (κ2) is 21.6. The van der Waals surface area contributed by atoms with E-state index >= 15 is 0 Å². The Bertz CT molecular complexity index is 2830. The van der Waals surface area contributed by atoms with Gasteiger partial charge in [0.2, 0.25) is 0 Å². The molecule has 1 aliphatic rings. The van der Waals surface area contributed by atoms with Crippen molar-refractivity contribution in [1.82, 2.24) is 33.6 Å². The van der Waals surface area contributed by atoms with E-state index in [1.54, 1.807) is 70.1 Å². The molecule has 8 rings (SSSR count). The molecule has 7 aromatic rings. The van der Waals surface area contributed by atoms with Gasteiger partial charge in [0.15, 0.2) is 23.6 Å². The molecule has 0 radical (unpaired) electrons. The molecule has 4 aromatic carbocycles. The maximum atomic E-state index is 14.3. The number of Topliss-reactive ketones (excluding diaryl/α,β-unsaturated/α-hetero) is 1. The molecule has 0 aliphatic carbocycles. The zero-order valence-electron chi connectivity index (χ0n) is 34.5. The third kappa shape index (κ3) is 12.5. The van der Waals surface area contributed by atoms with Gasteiger partial charge >= 0.3 is 5.97 Å². The summed E-state index contributed by atoms with van der Waals surface area (Å²) in [5.74, 6) is -4.46. The highest BCUT2D eigenvalue weighted by Crippen LogP contribution is 2.23. The van der Waals surface area contributed by atoms with Crippen LogP contribution >= 0.6 is 0 Å². The summed E-state index contributed by atoms with van der Waals surface area (Å²) in [7, 11) is 0. The van der Waals surface area contributed by atoms with Crippen molar-refractivity contribution in [3.8, 4) is 23.3 Å². The van der Waals surface area contributed by atoms with Gasteiger partial charge < -0.3 is 23.7 Å². The topological polar surface area (TPSA) is 169 Å². The molecule has 0 amide bonds. The van der Waals surface area contributed by atoms with E-state index in [2.05, 4.69) is 21.1 Å². The highest BCUT2D eigenvalue weighted by molar-refractivity contribution is 5.96. The second-order valence-corrected chi connectivity index (χ2v) is 14.4. The first kappa shape index (κ1) is 47.0. The SMILES string of the molecule is Cc1cn(-c2ccc(C(=O)C[C@@H]3CCN(C#N)C3)cc2F)cn1.Cc1cn(-c2ccc(C(=O)O)cc2F)cn1.Cc1cn(-c2ccc(C=O)cc2F)cn1.O=Cc1ccc(F)c(F)c1. The summed E-state index contributed by atoms with van der Waals surface area (Å²) < 4.78 is 70.5. The maximum absolute atomic E-state index is 14.3. The Morgan fingerprint density at radius 1 is 0.656 bits per heavy atom. The standard InChI is InChI=1S/C17H17FN4O.C11H9FN2O2.C11H9FN2O.C7H4F2O/c1-12-8-22(11-20-12)16-3-2-14(7-15(16)18)17(23)6-13-4-5-21(9-13)10-19;1-7-5-14(6-13-7)10-3-2-8(11(15)16)4-9(10)12;1-8-5-14(7-13-8)11-3-2-9(6-15)4-10(11)12;8-6-2-1-5(4-10)3-7(6)9/h2-3,7-8,11,13H,4-6,9H2,1H3;2-6H,1H3,(H,15,16);2-7H,1H3;1-4H/t13-;;;/m0.../s1. The minimum absolute atomic E-state index is 0.0712. The molecule has 0 unspecified atom stereocenters. The largest absolute Gasteiger partial charge is 0.478 e. The summed E-state index contributed by atoms with van der Waals surface area (Å²) in [5.41, 5.74) is 4.19. The lowest BCUT2D eigenvalue weighted by Crippen LogP contribution is -2.15. The Morgan fingerprint density at radius 2 is 1.09 bits per heavy atom. The number of ketones is 1. The van der Waals surface area contributed by atoms with Crippen LogP contribution in [0.4, 0.5) is 22.0 Å². The zero-order valence-corrected chi connectivity index (χ0v) is 34.5. The van der Waals surface area contributed by atoms with E-state index in [9.17, 15) is 41.1 Å². The monoisotopic (exact) mass is 878 g/mol. The molecular formula is C46H39F5N8O5. The fraction of sp³-hybridized carbons (Fsp3) is 0.174. The Kier molecular flexibility index (Phi) is 15.9.